The van der Waals surface area contributed by atoms with E-state index in [9.17, 15) is 0 Å². The Labute approximate surface area is 128 Å². The summed E-state index contributed by atoms with van der Waals surface area (Å²) in [5.74, 6) is 0. The predicted octanol–water partition coefficient (Wildman–Crippen LogP) is 7.12. The molecule has 2 heteroatoms. The Morgan fingerprint density at radius 3 is 1.22 bits per heavy atom. The second-order valence-corrected chi connectivity index (χ2v) is 8.65. The third kappa shape index (κ3) is 16.9. The van der Waals surface area contributed by atoms with E-state index in [1.165, 1.54) is 94.8 Å². The number of rotatable bonds is 15. The maximum atomic E-state index is 5.78. The van der Waals surface area contributed by atoms with Crippen LogP contribution in [0, 0.1) is 0 Å². The van der Waals surface area contributed by atoms with Crippen LogP contribution in [0.5, 0.6) is 0 Å². The third-order valence-corrected chi connectivity index (χ3v) is 5.87. The van der Waals surface area contributed by atoms with Crippen molar-refractivity contribution in [1.29, 1.82) is 0 Å². The Kier molecular flexibility index (Phi) is 18.9. The number of hydrogen-bond donors (Lipinski definition) is 0. The first-order valence-corrected chi connectivity index (χ1v) is 12.7. The van der Waals surface area contributed by atoms with Crippen LogP contribution in [-0.2, 0) is 16.7 Å². The summed E-state index contributed by atoms with van der Waals surface area (Å²) in [6.45, 7) is 2.29. The fourth-order valence-electron chi connectivity index (χ4n) is 2.32. The molecule has 0 atom stereocenters. The summed E-state index contributed by atoms with van der Waals surface area (Å²) in [6.07, 6.45) is 20.3. The monoisotopic (exact) mass is 453 g/mol. The Balaban J connectivity index is 2.86. The summed E-state index contributed by atoms with van der Waals surface area (Å²) in [4.78, 5) is 1.33. The van der Waals surface area contributed by atoms with Gasteiger partial charge in [0.15, 0.2) is 0 Å². The molecule has 18 heavy (non-hydrogen) atoms. The molecule has 0 rings (SSSR count). The quantitative estimate of drug-likeness (QED) is 0.232. The SMILES string of the molecule is CCCCCCCCCCCCCCC[CH2][Ir][Cl]. The standard InChI is InChI=1S/C16H33.ClH.Ir/c1-3-5-7-9-11-13-15-16-14-12-10-8-6-4-2;;/h1,3-16H2,2H3;1H;/q;;+1/p-1. The van der Waals surface area contributed by atoms with Crippen molar-refractivity contribution in [3.8, 4) is 0 Å². The first-order valence-electron chi connectivity index (χ1n) is 8.07. The average Bonchev–Trinajstić information content (AvgIpc) is 2.39. The van der Waals surface area contributed by atoms with Gasteiger partial charge in [0.25, 0.3) is 0 Å². The van der Waals surface area contributed by atoms with Crippen molar-refractivity contribution in [2.45, 2.75) is 102 Å². The van der Waals surface area contributed by atoms with Gasteiger partial charge in [-0.15, -0.1) is 0 Å². The molecule has 0 aromatic heterocycles. The van der Waals surface area contributed by atoms with E-state index >= 15 is 0 Å². The second-order valence-electron chi connectivity index (χ2n) is 5.35. The number of halogens is 1. The molecule has 0 N–H and O–H groups in total. The second kappa shape index (κ2) is 17.9. The van der Waals surface area contributed by atoms with Crippen molar-refractivity contribution in [3.63, 3.8) is 0 Å². The predicted molar refractivity (Wildman–Crippen MR) is 81.0 cm³/mol. The summed E-state index contributed by atoms with van der Waals surface area (Å²) in [5, 5.41) is 0. The maximum absolute atomic E-state index is 5.78. The van der Waals surface area contributed by atoms with Crippen LogP contribution in [0.1, 0.15) is 96.8 Å². The van der Waals surface area contributed by atoms with Crippen molar-refractivity contribution in [3.05, 3.63) is 0 Å². The van der Waals surface area contributed by atoms with E-state index in [0.29, 0.717) is 0 Å². The zero-order valence-electron chi connectivity index (χ0n) is 12.3. The van der Waals surface area contributed by atoms with Gasteiger partial charge in [0.2, 0.25) is 0 Å². The molecule has 0 fully saturated rings. The Hall–Kier alpha value is 0.939. The molecule has 0 radical (unpaired) electrons. The molecule has 0 aliphatic heterocycles. The molecule has 0 aromatic rings. The number of unbranched alkanes of at least 4 members (excludes halogenated alkanes) is 13. The van der Waals surface area contributed by atoms with Gasteiger partial charge in [-0.1, -0.05) is 26.2 Å². The molecule has 0 spiro atoms. The molecule has 0 nitrogen and oxygen atoms in total. The van der Waals surface area contributed by atoms with Gasteiger partial charge >= 0.3 is 102 Å². The molecule has 0 saturated heterocycles. The van der Waals surface area contributed by atoms with Crippen LogP contribution in [0.3, 0.4) is 0 Å². The summed E-state index contributed by atoms with van der Waals surface area (Å²) in [7, 11) is 5.78. The van der Waals surface area contributed by atoms with E-state index < -0.39 is 0 Å². The van der Waals surface area contributed by atoms with Gasteiger partial charge in [-0.25, -0.2) is 0 Å². The molecule has 0 heterocycles. The molecule has 0 aromatic carbocycles. The Morgan fingerprint density at radius 1 is 0.556 bits per heavy atom. The van der Waals surface area contributed by atoms with Crippen LogP contribution in [0.2, 0.25) is 4.93 Å². The van der Waals surface area contributed by atoms with Crippen LogP contribution in [0.4, 0.5) is 0 Å². The van der Waals surface area contributed by atoms with Gasteiger partial charge in [0.05, 0.1) is 0 Å². The van der Waals surface area contributed by atoms with Crippen LogP contribution < -0.4 is 0 Å². The fraction of sp³-hybridized carbons (Fsp3) is 1.00. The van der Waals surface area contributed by atoms with Crippen molar-refractivity contribution in [2.75, 3.05) is 0 Å². The molecule has 0 aliphatic carbocycles. The zero-order valence-corrected chi connectivity index (χ0v) is 15.5. The minimum atomic E-state index is -0.0734. The normalized spacial score (nSPS) is 11.2. The molecule has 0 unspecified atom stereocenters. The molecule has 0 amide bonds. The molecule has 0 saturated carbocycles. The third-order valence-electron chi connectivity index (χ3n) is 3.53. The van der Waals surface area contributed by atoms with Crippen LogP contribution >= 0.6 is 9.58 Å². The summed E-state index contributed by atoms with van der Waals surface area (Å²) in [6, 6.07) is 0. The van der Waals surface area contributed by atoms with Crippen molar-refractivity contribution >= 4 is 9.58 Å². The van der Waals surface area contributed by atoms with E-state index in [2.05, 4.69) is 6.92 Å². The van der Waals surface area contributed by atoms with Gasteiger partial charge in [-0.05, 0) is 0 Å². The number of hydrogen-bond acceptors (Lipinski definition) is 0. The summed E-state index contributed by atoms with van der Waals surface area (Å²) >= 11 is -0.0734. The van der Waals surface area contributed by atoms with E-state index in [4.69, 9.17) is 9.58 Å². The topological polar surface area (TPSA) is 0 Å². The Morgan fingerprint density at radius 2 is 0.889 bits per heavy atom. The first kappa shape index (κ1) is 18.9. The first-order chi connectivity index (χ1) is 8.91. The van der Waals surface area contributed by atoms with Gasteiger partial charge in [-0.2, -0.15) is 0 Å². The fourth-order valence-corrected chi connectivity index (χ4v) is 3.97. The summed E-state index contributed by atoms with van der Waals surface area (Å²) in [5.41, 5.74) is 0. The van der Waals surface area contributed by atoms with Gasteiger partial charge < -0.3 is 0 Å². The minimum absolute atomic E-state index is 0.0734. The van der Waals surface area contributed by atoms with E-state index in [-0.39, 0.29) is 16.7 Å². The molecule has 113 valence electrons. The van der Waals surface area contributed by atoms with Crippen LogP contribution in [-0.4, -0.2) is 0 Å². The van der Waals surface area contributed by atoms with E-state index in [1.807, 2.05) is 0 Å². The van der Waals surface area contributed by atoms with Crippen molar-refractivity contribution in [2.24, 2.45) is 0 Å². The van der Waals surface area contributed by atoms with Crippen LogP contribution in [0.25, 0.3) is 0 Å². The summed E-state index contributed by atoms with van der Waals surface area (Å²) < 4.78 is 0. The van der Waals surface area contributed by atoms with Gasteiger partial charge in [0.1, 0.15) is 0 Å². The zero-order chi connectivity index (χ0) is 13.3. The van der Waals surface area contributed by atoms with Gasteiger partial charge in [0, 0.05) is 0 Å². The molecular formula is C16H33ClIr. The molecular weight excluding hydrogens is 420 g/mol. The van der Waals surface area contributed by atoms with Crippen molar-refractivity contribution < 1.29 is 16.7 Å². The van der Waals surface area contributed by atoms with Crippen molar-refractivity contribution in [1.82, 2.24) is 0 Å². The van der Waals surface area contributed by atoms with E-state index in [1.54, 1.807) is 0 Å². The van der Waals surface area contributed by atoms with Crippen LogP contribution in [0.15, 0.2) is 0 Å². The Bertz CT molecular complexity index is 123. The van der Waals surface area contributed by atoms with E-state index in [0.717, 1.165) is 0 Å². The molecule has 0 aliphatic rings. The molecule has 0 bridgehead atoms. The van der Waals surface area contributed by atoms with Gasteiger partial charge in [-0.3, -0.25) is 0 Å². The average molecular weight is 453 g/mol.